The van der Waals surface area contributed by atoms with Gasteiger partial charge >= 0.3 is 0 Å². The molecule has 0 unspecified atom stereocenters. The van der Waals surface area contributed by atoms with Crippen molar-refractivity contribution in [1.82, 2.24) is 34.3 Å². The number of fused-ring (bicyclic) bond motifs is 1. The van der Waals surface area contributed by atoms with Crippen LogP contribution in [0.4, 0.5) is 0 Å². The molecule has 0 spiro atoms. The summed E-state index contributed by atoms with van der Waals surface area (Å²) in [6.45, 7) is 3.90. The summed E-state index contributed by atoms with van der Waals surface area (Å²) in [4.78, 5) is 32.5. The second-order valence-corrected chi connectivity index (χ2v) is 10.2. The highest BCUT2D eigenvalue weighted by atomic mass is 16.5. The molecule has 42 heavy (non-hydrogen) atoms. The van der Waals surface area contributed by atoms with E-state index < -0.39 is 6.04 Å². The van der Waals surface area contributed by atoms with Gasteiger partial charge in [0.25, 0.3) is 11.5 Å². The van der Waals surface area contributed by atoms with E-state index in [1.165, 1.54) is 0 Å². The number of amides is 1. The molecule has 0 fully saturated rings. The van der Waals surface area contributed by atoms with Gasteiger partial charge in [-0.05, 0) is 44.2 Å². The Balaban J connectivity index is 1.42. The van der Waals surface area contributed by atoms with Crippen LogP contribution in [0, 0.1) is 18.8 Å². The molecule has 10 heteroatoms. The van der Waals surface area contributed by atoms with Gasteiger partial charge in [0.1, 0.15) is 17.9 Å². The number of carbonyl (C=O) groups excluding carboxylic acids is 1. The number of aryl methyl sites for hydroxylation is 2. The van der Waals surface area contributed by atoms with Crippen molar-refractivity contribution in [2.45, 2.75) is 26.5 Å². The third kappa shape index (κ3) is 4.02. The standard InChI is InChI=1S/C32H25N7O3/c1-19-26(30-33-14-7-15-38(30)36-19)31(40)35-20(2)29-24-18-42-25-13-12-22(11-10-21-16-34-37(3)17-21)27(28(24)25)32(41)39(29)23-8-5-4-6-9-23/h4-9,12-17,20H,18H2,1-3H3,(H,35,40)/t20-/m1/s1. The van der Waals surface area contributed by atoms with E-state index in [0.29, 0.717) is 45.0 Å². The summed E-state index contributed by atoms with van der Waals surface area (Å²) >= 11 is 0. The van der Waals surface area contributed by atoms with Gasteiger partial charge < -0.3 is 10.1 Å². The van der Waals surface area contributed by atoms with E-state index in [2.05, 4.69) is 32.3 Å². The van der Waals surface area contributed by atoms with Crippen LogP contribution >= 0.6 is 0 Å². The van der Waals surface area contributed by atoms with Crippen LogP contribution in [-0.4, -0.2) is 34.9 Å². The quantitative estimate of drug-likeness (QED) is 0.331. The molecule has 0 aliphatic carbocycles. The second-order valence-electron chi connectivity index (χ2n) is 10.2. The molecule has 2 aromatic carbocycles. The third-order valence-electron chi connectivity index (χ3n) is 7.42. The molecule has 1 atom stereocenters. The molecule has 5 heterocycles. The molecule has 0 saturated carbocycles. The Morgan fingerprint density at radius 1 is 1.10 bits per heavy atom. The van der Waals surface area contributed by atoms with Crippen molar-refractivity contribution >= 4 is 22.3 Å². The van der Waals surface area contributed by atoms with E-state index in [1.807, 2.05) is 62.6 Å². The summed E-state index contributed by atoms with van der Waals surface area (Å²) in [5.41, 5.74) is 4.65. The molecule has 6 aromatic rings. The number of nitrogens with one attached hydrogen (secondary N) is 1. The van der Waals surface area contributed by atoms with Gasteiger partial charge in [0, 0.05) is 47.8 Å². The molecular weight excluding hydrogens is 530 g/mol. The van der Waals surface area contributed by atoms with E-state index in [-0.39, 0.29) is 18.1 Å². The monoisotopic (exact) mass is 555 g/mol. The lowest BCUT2D eigenvalue weighted by Gasteiger charge is -2.23. The van der Waals surface area contributed by atoms with Crippen molar-refractivity contribution in [2.75, 3.05) is 0 Å². The van der Waals surface area contributed by atoms with Gasteiger partial charge in [0.05, 0.1) is 34.6 Å². The number of carbonyl (C=O) groups is 1. The Morgan fingerprint density at radius 3 is 2.71 bits per heavy atom. The lowest BCUT2D eigenvalue weighted by atomic mass is 9.97. The first-order valence-corrected chi connectivity index (χ1v) is 13.4. The number of hydrogen-bond acceptors (Lipinski definition) is 6. The molecule has 10 nitrogen and oxygen atoms in total. The molecule has 0 radical (unpaired) electrons. The summed E-state index contributed by atoms with van der Waals surface area (Å²) in [5, 5.41) is 12.9. The Bertz CT molecular complexity index is 2160. The van der Waals surface area contributed by atoms with Crippen LogP contribution in [0.2, 0.25) is 0 Å². The number of aromatic nitrogens is 6. The summed E-state index contributed by atoms with van der Waals surface area (Å²) in [6.07, 6.45) is 6.88. The zero-order valence-electron chi connectivity index (χ0n) is 23.1. The molecule has 0 saturated heterocycles. The molecule has 1 amide bonds. The van der Waals surface area contributed by atoms with Crippen LogP contribution in [0.25, 0.3) is 22.1 Å². The molecule has 1 aliphatic heterocycles. The zero-order chi connectivity index (χ0) is 29.0. The molecule has 1 N–H and O–H groups in total. The minimum absolute atomic E-state index is 0.243. The number of hydrogen-bond donors (Lipinski definition) is 1. The molecule has 206 valence electrons. The van der Waals surface area contributed by atoms with Crippen molar-refractivity contribution in [1.29, 1.82) is 0 Å². The van der Waals surface area contributed by atoms with Crippen molar-refractivity contribution in [2.24, 2.45) is 7.05 Å². The van der Waals surface area contributed by atoms with Crippen molar-refractivity contribution in [3.05, 3.63) is 117 Å². The highest BCUT2D eigenvalue weighted by molar-refractivity contribution is 6.01. The number of nitrogens with zero attached hydrogens (tertiary/aromatic N) is 6. The van der Waals surface area contributed by atoms with Gasteiger partial charge in [0.2, 0.25) is 0 Å². The van der Waals surface area contributed by atoms with Crippen molar-refractivity contribution < 1.29 is 9.53 Å². The molecule has 0 bridgehead atoms. The second kappa shape index (κ2) is 9.74. The lowest BCUT2D eigenvalue weighted by Crippen LogP contribution is -2.33. The van der Waals surface area contributed by atoms with Crippen LogP contribution in [0.5, 0.6) is 5.75 Å². The summed E-state index contributed by atoms with van der Waals surface area (Å²) in [5.74, 6) is 6.60. The first-order chi connectivity index (χ1) is 20.4. The molecule has 4 aromatic heterocycles. The maximum Gasteiger partial charge on any atom is 0.264 e. The highest BCUT2D eigenvalue weighted by Gasteiger charge is 2.30. The van der Waals surface area contributed by atoms with Crippen LogP contribution in [0.1, 0.15) is 51.4 Å². The van der Waals surface area contributed by atoms with Crippen molar-refractivity contribution in [3.8, 4) is 23.3 Å². The largest absolute Gasteiger partial charge is 0.488 e. The fraction of sp³-hybridized carbons (Fsp3) is 0.156. The average molecular weight is 556 g/mol. The summed E-state index contributed by atoms with van der Waals surface area (Å²) < 4.78 is 11.0. The Kier molecular flexibility index (Phi) is 5.87. The predicted octanol–water partition coefficient (Wildman–Crippen LogP) is 3.86. The number of ether oxygens (including phenoxy) is 1. The highest BCUT2D eigenvalue weighted by Crippen LogP contribution is 2.39. The van der Waals surface area contributed by atoms with Gasteiger partial charge in [-0.25, -0.2) is 9.50 Å². The van der Waals surface area contributed by atoms with E-state index in [0.717, 1.165) is 16.5 Å². The van der Waals surface area contributed by atoms with E-state index in [1.54, 1.807) is 45.3 Å². The Labute approximate surface area is 240 Å². The first-order valence-electron chi connectivity index (χ1n) is 13.4. The van der Waals surface area contributed by atoms with Gasteiger partial charge in [-0.3, -0.25) is 18.8 Å². The number of pyridine rings is 1. The van der Waals surface area contributed by atoms with E-state index in [9.17, 15) is 9.59 Å². The fourth-order valence-corrected chi connectivity index (χ4v) is 5.62. The Morgan fingerprint density at radius 2 is 1.93 bits per heavy atom. The summed E-state index contributed by atoms with van der Waals surface area (Å²) in [7, 11) is 1.83. The smallest absolute Gasteiger partial charge is 0.264 e. The molecule has 7 rings (SSSR count). The normalized spacial score (nSPS) is 12.6. The van der Waals surface area contributed by atoms with E-state index in [4.69, 9.17) is 4.74 Å². The molecular formula is C32H25N7O3. The Hall–Kier alpha value is -5.69. The fourth-order valence-electron chi connectivity index (χ4n) is 5.62. The number of benzene rings is 2. The van der Waals surface area contributed by atoms with Gasteiger partial charge in [-0.1, -0.05) is 30.0 Å². The average Bonchev–Trinajstić information content (AvgIpc) is 3.70. The van der Waals surface area contributed by atoms with Gasteiger partial charge in [-0.2, -0.15) is 10.2 Å². The minimum atomic E-state index is -0.567. The summed E-state index contributed by atoms with van der Waals surface area (Å²) in [6, 6.07) is 14.2. The number of para-hydroxylation sites is 1. The topological polar surface area (TPSA) is 108 Å². The van der Waals surface area contributed by atoms with Crippen LogP contribution < -0.4 is 15.6 Å². The maximum atomic E-state index is 14.5. The van der Waals surface area contributed by atoms with Gasteiger partial charge in [-0.15, -0.1) is 0 Å². The third-order valence-corrected chi connectivity index (χ3v) is 7.42. The maximum absolute atomic E-state index is 14.5. The minimum Gasteiger partial charge on any atom is -0.488 e. The molecule has 1 aliphatic rings. The SMILES string of the molecule is Cc1nn2cccnc2c1C(=O)N[C@H](C)c1c2c3c(ccc(C#Cc4cnn(C)c4)c3c(=O)n1-c1ccccc1)OC2. The lowest BCUT2D eigenvalue weighted by molar-refractivity contribution is 0.0939. The zero-order valence-corrected chi connectivity index (χ0v) is 23.1. The first kappa shape index (κ1) is 25.3. The van der Waals surface area contributed by atoms with Crippen LogP contribution in [-0.2, 0) is 13.7 Å². The predicted molar refractivity (Wildman–Crippen MR) is 157 cm³/mol. The number of rotatable bonds is 4. The van der Waals surface area contributed by atoms with Crippen LogP contribution in [0.15, 0.2) is 78.1 Å². The van der Waals surface area contributed by atoms with Gasteiger partial charge in [0.15, 0.2) is 5.65 Å². The van der Waals surface area contributed by atoms with Crippen LogP contribution in [0.3, 0.4) is 0 Å². The van der Waals surface area contributed by atoms with E-state index >= 15 is 0 Å². The van der Waals surface area contributed by atoms with Crippen molar-refractivity contribution in [3.63, 3.8) is 0 Å².